The van der Waals surface area contributed by atoms with E-state index >= 15 is 0 Å². The number of aromatic nitrogens is 1. The van der Waals surface area contributed by atoms with Crippen LogP contribution < -0.4 is 5.73 Å². The van der Waals surface area contributed by atoms with Crippen molar-refractivity contribution in [2.24, 2.45) is 0 Å². The maximum atomic E-state index is 5.97. The van der Waals surface area contributed by atoms with E-state index in [0.717, 1.165) is 15.6 Å². The molecule has 1 aromatic heterocycles. The second kappa shape index (κ2) is 4.81. The van der Waals surface area contributed by atoms with Crippen molar-refractivity contribution in [1.29, 1.82) is 0 Å². The second-order valence-electron chi connectivity index (χ2n) is 3.96. The normalized spacial score (nSPS) is 11.1. The van der Waals surface area contributed by atoms with E-state index < -0.39 is 0 Å². The third-order valence-corrected chi connectivity index (χ3v) is 4.36. The van der Waals surface area contributed by atoms with Gasteiger partial charge in [0.2, 0.25) is 5.89 Å². The Morgan fingerprint density at radius 2 is 2.00 bits per heavy atom. The van der Waals surface area contributed by atoms with Gasteiger partial charge in [-0.3, -0.25) is 0 Å². The molecule has 0 aliphatic heterocycles. The Hall–Kier alpha value is -1.04. The zero-order valence-corrected chi connectivity index (χ0v) is 13.4. The molecule has 0 atom stereocenters. The van der Waals surface area contributed by atoms with Gasteiger partial charge in [-0.05, 0) is 56.1 Å². The number of anilines is 1. The summed E-state index contributed by atoms with van der Waals surface area (Å²) in [4.78, 5) is 4.45. The molecule has 6 heteroatoms. The Balaban J connectivity index is 2.25. The van der Waals surface area contributed by atoms with Crippen LogP contribution in [0.15, 0.2) is 43.7 Å². The highest BCUT2D eigenvalue weighted by Crippen LogP contribution is 2.37. The fourth-order valence-corrected chi connectivity index (χ4v) is 3.13. The minimum atomic E-state index is 0.510. The van der Waals surface area contributed by atoms with Crippen LogP contribution in [0.4, 0.5) is 5.69 Å². The summed E-state index contributed by atoms with van der Waals surface area (Å²) in [7, 11) is 0. The summed E-state index contributed by atoms with van der Waals surface area (Å²) in [5.41, 5.74) is 8.67. The minimum absolute atomic E-state index is 0.510. The number of nitrogens with zero attached hydrogens (tertiary/aromatic N) is 1. The Morgan fingerprint density at radius 3 is 2.74 bits per heavy atom. The van der Waals surface area contributed by atoms with Crippen LogP contribution in [0.1, 0.15) is 0 Å². The highest BCUT2D eigenvalue weighted by Gasteiger charge is 2.15. The first-order valence-corrected chi connectivity index (χ1v) is 7.32. The van der Waals surface area contributed by atoms with Crippen molar-refractivity contribution in [3.8, 4) is 11.5 Å². The molecule has 0 fully saturated rings. The predicted molar refractivity (Wildman–Crippen MR) is 84.3 cm³/mol. The van der Waals surface area contributed by atoms with Gasteiger partial charge in [0.1, 0.15) is 5.52 Å². The van der Waals surface area contributed by atoms with E-state index in [1.807, 2.05) is 18.2 Å². The first-order valence-electron chi connectivity index (χ1n) is 5.36. The molecule has 2 aromatic carbocycles. The summed E-state index contributed by atoms with van der Waals surface area (Å²) in [5, 5.41) is 0.638. The van der Waals surface area contributed by atoms with Crippen molar-refractivity contribution in [3.63, 3.8) is 0 Å². The number of hydrogen-bond acceptors (Lipinski definition) is 3. The average Bonchev–Trinajstić information content (AvgIpc) is 2.80. The third kappa shape index (κ3) is 2.26. The van der Waals surface area contributed by atoms with Crippen LogP contribution in [-0.2, 0) is 0 Å². The van der Waals surface area contributed by atoms with Gasteiger partial charge in [0.05, 0.1) is 10.2 Å². The van der Waals surface area contributed by atoms with Crippen molar-refractivity contribution < 1.29 is 4.42 Å². The Labute approximate surface area is 131 Å². The summed E-state index contributed by atoms with van der Waals surface area (Å²) in [5.74, 6) is 0.510. The molecule has 3 aromatic rings. The predicted octanol–water partition coefficient (Wildman–Crippen LogP) is 5.26. The number of nitrogens with two attached hydrogens (primary N) is 1. The fourth-order valence-electron chi connectivity index (χ4n) is 1.76. The van der Waals surface area contributed by atoms with E-state index in [1.165, 1.54) is 0 Å². The molecule has 3 rings (SSSR count). The van der Waals surface area contributed by atoms with E-state index in [0.29, 0.717) is 26.7 Å². The van der Waals surface area contributed by atoms with Crippen molar-refractivity contribution in [1.82, 2.24) is 4.98 Å². The van der Waals surface area contributed by atoms with E-state index in [-0.39, 0.29) is 0 Å². The molecule has 2 N–H and O–H groups in total. The highest BCUT2D eigenvalue weighted by atomic mass is 79.9. The largest absolute Gasteiger partial charge is 0.435 e. The Kier molecular flexibility index (Phi) is 3.28. The van der Waals surface area contributed by atoms with Crippen LogP contribution in [0.5, 0.6) is 0 Å². The number of rotatable bonds is 1. The van der Waals surface area contributed by atoms with Crippen molar-refractivity contribution in [2.45, 2.75) is 0 Å². The zero-order valence-electron chi connectivity index (χ0n) is 9.45. The molecule has 0 unspecified atom stereocenters. The van der Waals surface area contributed by atoms with Gasteiger partial charge in [-0.15, -0.1) is 0 Å². The van der Waals surface area contributed by atoms with E-state index in [1.54, 1.807) is 12.1 Å². The van der Waals surface area contributed by atoms with Gasteiger partial charge in [0.25, 0.3) is 0 Å². The molecule has 0 saturated carbocycles. The van der Waals surface area contributed by atoms with Gasteiger partial charge < -0.3 is 10.2 Å². The average molecular weight is 402 g/mol. The van der Waals surface area contributed by atoms with Crippen LogP contribution in [-0.4, -0.2) is 4.98 Å². The molecule has 96 valence electrons. The Morgan fingerprint density at radius 1 is 1.21 bits per heavy atom. The first-order chi connectivity index (χ1) is 9.06. The van der Waals surface area contributed by atoms with Crippen LogP contribution in [0, 0.1) is 0 Å². The second-order valence-corrected chi connectivity index (χ2v) is 6.05. The van der Waals surface area contributed by atoms with E-state index in [2.05, 4.69) is 36.8 Å². The van der Waals surface area contributed by atoms with Gasteiger partial charge >= 0.3 is 0 Å². The maximum absolute atomic E-state index is 5.97. The number of benzene rings is 2. The molecule has 0 saturated heterocycles. The van der Waals surface area contributed by atoms with Crippen LogP contribution in [0.25, 0.3) is 22.6 Å². The van der Waals surface area contributed by atoms with Gasteiger partial charge in [-0.25, -0.2) is 4.98 Å². The first kappa shape index (κ1) is 13.0. The standard InChI is InChI=1S/C13H7Br2ClN2O/c14-8-5-9-12(10(15)11(8)17)19-13(18-9)6-2-1-3-7(16)4-6/h1-5H,17H2. The van der Waals surface area contributed by atoms with Crippen LogP contribution in [0.2, 0.25) is 5.02 Å². The van der Waals surface area contributed by atoms with Gasteiger partial charge in [-0.2, -0.15) is 0 Å². The molecule has 0 amide bonds. The fraction of sp³-hybridized carbons (Fsp3) is 0. The van der Waals surface area contributed by atoms with Crippen LogP contribution >= 0.6 is 43.5 Å². The minimum Gasteiger partial charge on any atom is -0.435 e. The van der Waals surface area contributed by atoms with Crippen molar-refractivity contribution in [3.05, 3.63) is 44.3 Å². The summed E-state index contributed by atoms with van der Waals surface area (Å²) in [6.45, 7) is 0. The van der Waals surface area contributed by atoms with E-state index in [9.17, 15) is 0 Å². The zero-order chi connectivity index (χ0) is 13.6. The lowest BCUT2D eigenvalue weighted by atomic mass is 10.2. The quantitative estimate of drug-likeness (QED) is 0.565. The molecule has 0 aliphatic rings. The number of nitrogen functional groups attached to an aromatic ring is 1. The SMILES string of the molecule is Nc1c(Br)cc2nc(-c3cccc(Cl)c3)oc2c1Br. The number of oxazole rings is 1. The molecule has 19 heavy (non-hydrogen) atoms. The molecular weight excluding hydrogens is 395 g/mol. The lowest BCUT2D eigenvalue weighted by molar-refractivity contribution is 0.618. The molecule has 0 radical (unpaired) electrons. The van der Waals surface area contributed by atoms with Crippen molar-refractivity contribution >= 4 is 60.2 Å². The maximum Gasteiger partial charge on any atom is 0.227 e. The van der Waals surface area contributed by atoms with Gasteiger partial charge in [-0.1, -0.05) is 17.7 Å². The smallest absolute Gasteiger partial charge is 0.227 e. The summed E-state index contributed by atoms with van der Waals surface area (Å²) < 4.78 is 7.23. The number of hydrogen-bond donors (Lipinski definition) is 1. The number of halogens is 3. The lowest BCUT2D eigenvalue weighted by Gasteiger charge is -2.00. The molecular formula is C13H7Br2ClN2O. The summed E-state index contributed by atoms with van der Waals surface area (Å²) >= 11 is 12.8. The monoisotopic (exact) mass is 400 g/mol. The Bertz CT molecular complexity index is 786. The topological polar surface area (TPSA) is 52.0 Å². The third-order valence-electron chi connectivity index (χ3n) is 2.68. The lowest BCUT2D eigenvalue weighted by Crippen LogP contribution is -1.88. The summed E-state index contributed by atoms with van der Waals surface area (Å²) in [6.07, 6.45) is 0. The highest BCUT2D eigenvalue weighted by molar-refractivity contribution is 9.11. The molecule has 0 aliphatic carbocycles. The number of fused-ring (bicyclic) bond motifs is 1. The van der Waals surface area contributed by atoms with Crippen molar-refractivity contribution in [2.75, 3.05) is 5.73 Å². The molecule has 1 heterocycles. The molecule has 0 spiro atoms. The van der Waals surface area contributed by atoms with Crippen LogP contribution in [0.3, 0.4) is 0 Å². The molecule has 3 nitrogen and oxygen atoms in total. The van der Waals surface area contributed by atoms with Gasteiger partial charge in [0, 0.05) is 15.1 Å². The van der Waals surface area contributed by atoms with Gasteiger partial charge in [0.15, 0.2) is 5.58 Å². The van der Waals surface area contributed by atoms with E-state index in [4.69, 9.17) is 21.8 Å². The summed E-state index contributed by atoms with van der Waals surface area (Å²) in [6, 6.07) is 9.18. The molecule has 0 bridgehead atoms.